The normalized spacial score (nSPS) is 30.6. The Morgan fingerprint density at radius 2 is 1.69 bits per heavy atom. The molecule has 0 nitrogen and oxygen atoms in total. The zero-order chi connectivity index (χ0) is 11.9. The molecule has 1 aliphatic heterocycles. The molecule has 16 heavy (non-hydrogen) atoms. The Morgan fingerprint density at radius 1 is 1.00 bits per heavy atom. The van der Waals surface area contributed by atoms with Crippen LogP contribution in [0.1, 0.15) is 71.6 Å². The molecule has 0 aromatic carbocycles. The minimum absolute atomic E-state index is 0.808. The van der Waals surface area contributed by atoms with Gasteiger partial charge in [0.1, 0.15) is 0 Å². The van der Waals surface area contributed by atoms with Crippen LogP contribution < -0.4 is 0 Å². The zero-order valence-electron chi connectivity index (χ0n) is 11.9. The molecule has 1 saturated heterocycles. The van der Waals surface area contributed by atoms with Crippen LogP contribution in [-0.4, -0.2) is 8.07 Å². The molecule has 0 spiro atoms. The predicted octanol–water partition coefficient (Wildman–Crippen LogP) is 6.00. The third-order valence-corrected chi connectivity index (χ3v) is 10.6. The van der Waals surface area contributed by atoms with Gasteiger partial charge in [0.2, 0.25) is 0 Å². The van der Waals surface area contributed by atoms with E-state index in [2.05, 4.69) is 20.4 Å². The summed E-state index contributed by atoms with van der Waals surface area (Å²) in [7, 11) is -0.808. The predicted molar refractivity (Wildman–Crippen MR) is 77.9 cm³/mol. The quantitative estimate of drug-likeness (QED) is 0.378. The van der Waals surface area contributed by atoms with Crippen molar-refractivity contribution >= 4 is 8.07 Å². The van der Waals surface area contributed by atoms with Crippen LogP contribution in [0.25, 0.3) is 0 Å². The molecule has 0 saturated carbocycles. The van der Waals surface area contributed by atoms with Crippen molar-refractivity contribution in [1.82, 2.24) is 0 Å². The van der Waals surface area contributed by atoms with E-state index >= 15 is 0 Å². The number of hydrogen-bond acceptors (Lipinski definition) is 0. The van der Waals surface area contributed by atoms with E-state index in [1.807, 2.05) is 0 Å². The van der Waals surface area contributed by atoms with Crippen LogP contribution in [0.3, 0.4) is 0 Å². The van der Waals surface area contributed by atoms with Gasteiger partial charge in [-0.05, 0) is 5.54 Å². The first kappa shape index (κ1) is 14.3. The van der Waals surface area contributed by atoms with Gasteiger partial charge in [0.05, 0.1) is 8.07 Å². The SMILES string of the molecule is CCCCCCCC[Si]1(C)CCCCC1C. The second kappa shape index (κ2) is 7.52. The molecule has 1 heterocycles. The minimum atomic E-state index is -0.808. The average Bonchev–Trinajstić information content (AvgIpc) is 2.28. The van der Waals surface area contributed by atoms with Gasteiger partial charge in [-0.15, -0.1) is 0 Å². The van der Waals surface area contributed by atoms with Gasteiger partial charge in [-0.25, -0.2) is 0 Å². The van der Waals surface area contributed by atoms with Gasteiger partial charge in [0, 0.05) is 0 Å². The van der Waals surface area contributed by atoms with Crippen LogP contribution >= 0.6 is 0 Å². The van der Waals surface area contributed by atoms with Crippen LogP contribution in [0.5, 0.6) is 0 Å². The number of rotatable bonds is 7. The monoisotopic (exact) mass is 240 g/mol. The van der Waals surface area contributed by atoms with E-state index in [-0.39, 0.29) is 0 Å². The van der Waals surface area contributed by atoms with Crippen molar-refractivity contribution in [2.45, 2.75) is 95.8 Å². The Morgan fingerprint density at radius 3 is 2.38 bits per heavy atom. The highest BCUT2D eigenvalue weighted by molar-refractivity contribution is 6.80. The minimum Gasteiger partial charge on any atom is -0.0690 e. The summed E-state index contributed by atoms with van der Waals surface area (Å²) in [6, 6.07) is 3.25. The maximum absolute atomic E-state index is 2.68. The van der Waals surface area contributed by atoms with E-state index in [0.717, 1.165) is 5.54 Å². The van der Waals surface area contributed by atoms with Gasteiger partial charge in [-0.1, -0.05) is 90.3 Å². The molecular weight excluding hydrogens is 208 g/mol. The topological polar surface area (TPSA) is 0 Å². The van der Waals surface area contributed by atoms with Crippen LogP contribution in [0, 0.1) is 0 Å². The van der Waals surface area contributed by atoms with E-state index in [0.29, 0.717) is 0 Å². The Labute approximate surface area is 104 Å². The summed E-state index contributed by atoms with van der Waals surface area (Å²) < 4.78 is 0. The molecule has 96 valence electrons. The standard InChI is InChI=1S/C15H32Si/c1-4-5-6-7-8-10-13-16(3)14-11-9-12-15(16)2/h15H,4-14H2,1-3H3. The summed E-state index contributed by atoms with van der Waals surface area (Å²) in [5.41, 5.74) is 1.11. The summed E-state index contributed by atoms with van der Waals surface area (Å²) in [6.45, 7) is 7.53. The fraction of sp³-hybridized carbons (Fsp3) is 1.00. The van der Waals surface area contributed by atoms with Gasteiger partial charge >= 0.3 is 0 Å². The molecule has 1 rings (SSSR count). The lowest BCUT2D eigenvalue weighted by Gasteiger charge is -2.38. The zero-order valence-corrected chi connectivity index (χ0v) is 12.9. The lowest BCUT2D eigenvalue weighted by atomic mass is 10.1. The van der Waals surface area contributed by atoms with Gasteiger partial charge in [-0.3, -0.25) is 0 Å². The molecule has 0 aromatic heterocycles. The van der Waals surface area contributed by atoms with Crippen LogP contribution in [-0.2, 0) is 0 Å². The van der Waals surface area contributed by atoms with E-state index < -0.39 is 8.07 Å². The molecule has 1 heteroatoms. The lowest BCUT2D eigenvalue weighted by Crippen LogP contribution is -2.37. The second-order valence-corrected chi connectivity index (χ2v) is 11.6. The summed E-state index contributed by atoms with van der Waals surface area (Å²) in [4.78, 5) is 0. The van der Waals surface area contributed by atoms with Crippen molar-refractivity contribution in [2.24, 2.45) is 0 Å². The van der Waals surface area contributed by atoms with Crippen molar-refractivity contribution in [3.05, 3.63) is 0 Å². The van der Waals surface area contributed by atoms with Gasteiger partial charge < -0.3 is 0 Å². The van der Waals surface area contributed by atoms with E-state index in [1.54, 1.807) is 24.9 Å². The summed E-state index contributed by atoms with van der Waals surface area (Å²) in [5, 5.41) is 0. The fourth-order valence-corrected chi connectivity index (χ4v) is 7.51. The maximum Gasteiger partial charge on any atom is 0.0533 e. The molecule has 1 fully saturated rings. The third-order valence-electron chi connectivity index (χ3n) is 4.93. The third kappa shape index (κ3) is 4.61. The molecule has 0 aromatic rings. The maximum atomic E-state index is 2.68. The Kier molecular flexibility index (Phi) is 6.72. The van der Waals surface area contributed by atoms with Crippen LogP contribution in [0.15, 0.2) is 0 Å². The summed E-state index contributed by atoms with van der Waals surface area (Å²) in [6.07, 6.45) is 13.4. The highest BCUT2D eigenvalue weighted by Gasteiger charge is 2.34. The molecule has 2 unspecified atom stereocenters. The Hall–Kier alpha value is 0.217. The van der Waals surface area contributed by atoms with Crippen molar-refractivity contribution in [2.75, 3.05) is 0 Å². The lowest BCUT2D eigenvalue weighted by molar-refractivity contribution is 0.601. The number of unbranched alkanes of at least 4 members (excludes halogenated alkanes) is 5. The molecular formula is C15H32Si. The molecule has 0 amide bonds. The Bertz CT molecular complexity index is 178. The van der Waals surface area contributed by atoms with Gasteiger partial charge in [-0.2, -0.15) is 0 Å². The first-order valence-electron chi connectivity index (χ1n) is 7.69. The molecule has 1 aliphatic rings. The average molecular weight is 241 g/mol. The van der Waals surface area contributed by atoms with E-state index in [1.165, 1.54) is 44.9 Å². The first-order chi connectivity index (χ1) is 7.69. The van der Waals surface area contributed by atoms with Crippen molar-refractivity contribution in [3.8, 4) is 0 Å². The molecule has 2 atom stereocenters. The largest absolute Gasteiger partial charge is 0.0690 e. The molecule has 0 bridgehead atoms. The first-order valence-corrected chi connectivity index (χ1v) is 10.7. The van der Waals surface area contributed by atoms with Crippen molar-refractivity contribution in [1.29, 1.82) is 0 Å². The second-order valence-electron chi connectivity index (χ2n) is 6.32. The molecule has 0 N–H and O–H groups in total. The smallest absolute Gasteiger partial charge is 0.0533 e. The molecule has 0 radical (unpaired) electrons. The highest BCUT2D eigenvalue weighted by Crippen LogP contribution is 2.40. The van der Waals surface area contributed by atoms with Gasteiger partial charge in [0.15, 0.2) is 0 Å². The number of hydrogen-bond donors (Lipinski definition) is 0. The van der Waals surface area contributed by atoms with Crippen molar-refractivity contribution in [3.63, 3.8) is 0 Å². The summed E-state index contributed by atoms with van der Waals surface area (Å²) >= 11 is 0. The van der Waals surface area contributed by atoms with Gasteiger partial charge in [0.25, 0.3) is 0 Å². The molecule has 0 aliphatic carbocycles. The Balaban J connectivity index is 2.10. The van der Waals surface area contributed by atoms with E-state index in [4.69, 9.17) is 0 Å². The summed E-state index contributed by atoms with van der Waals surface area (Å²) in [5.74, 6) is 0. The fourth-order valence-electron chi connectivity index (χ4n) is 3.25. The van der Waals surface area contributed by atoms with E-state index in [9.17, 15) is 0 Å². The van der Waals surface area contributed by atoms with Crippen LogP contribution in [0.4, 0.5) is 0 Å². The van der Waals surface area contributed by atoms with Crippen LogP contribution in [0.2, 0.25) is 24.2 Å². The van der Waals surface area contributed by atoms with Crippen molar-refractivity contribution < 1.29 is 0 Å². The highest BCUT2D eigenvalue weighted by atomic mass is 28.3.